The Morgan fingerprint density at radius 1 is 1.15 bits per heavy atom. The van der Waals surface area contributed by atoms with Crippen molar-refractivity contribution in [2.24, 2.45) is 0 Å². The fourth-order valence-electron chi connectivity index (χ4n) is 3.54. The van der Waals surface area contributed by atoms with Crippen LogP contribution in [-0.2, 0) is 17.5 Å². The highest BCUT2D eigenvalue weighted by Crippen LogP contribution is 2.35. The molecule has 4 heterocycles. The van der Waals surface area contributed by atoms with Crippen LogP contribution >= 0.6 is 23.5 Å². The van der Waals surface area contributed by atoms with Crippen LogP contribution in [0.3, 0.4) is 0 Å². The van der Waals surface area contributed by atoms with Gasteiger partial charge in [0.2, 0.25) is 11.7 Å². The van der Waals surface area contributed by atoms with Crippen LogP contribution in [0.15, 0.2) is 54.1 Å². The first-order chi connectivity index (χ1) is 16.2. The molecular formula is C22H20ClF3N6OS. The van der Waals surface area contributed by atoms with Crippen LogP contribution in [0.1, 0.15) is 31.2 Å². The van der Waals surface area contributed by atoms with Gasteiger partial charge in [-0.3, -0.25) is 9.78 Å². The molecule has 34 heavy (non-hydrogen) atoms. The number of amides is 1. The van der Waals surface area contributed by atoms with E-state index in [0.717, 1.165) is 35.8 Å². The zero-order valence-corrected chi connectivity index (χ0v) is 19.5. The lowest BCUT2D eigenvalue weighted by Gasteiger charge is -2.25. The molecule has 1 amide bonds. The lowest BCUT2D eigenvalue weighted by atomic mass is 10.1. The van der Waals surface area contributed by atoms with E-state index in [1.165, 1.54) is 18.1 Å². The maximum atomic E-state index is 13.0. The average Bonchev–Trinajstić information content (AvgIpc) is 3.19. The molecule has 7 nitrogen and oxygen atoms in total. The Labute approximate surface area is 203 Å². The number of aromatic nitrogens is 4. The molecule has 178 valence electrons. The summed E-state index contributed by atoms with van der Waals surface area (Å²) >= 11 is 7.33. The van der Waals surface area contributed by atoms with Crippen molar-refractivity contribution in [3.8, 4) is 11.3 Å². The molecule has 0 aromatic carbocycles. The monoisotopic (exact) mass is 508 g/mol. The molecule has 1 aliphatic heterocycles. The number of nitrogens with zero attached hydrogens (tertiary/aromatic N) is 5. The fourth-order valence-corrected chi connectivity index (χ4v) is 4.71. The summed E-state index contributed by atoms with van der Waals surface area (Å²) in [6.45, 7) is 2.32. The third-order valence-electron chi connectivity index (χ3n) is 5.29. The summed E-state index contributed by atoms with van der Waals surface area (Å²) < 4.78 is 40.1. The normalized spacial score (nSPS) is 18.7. The topological polar surface area (TPSA) is 83.9 Å². The van der Waals surface area contributed by atoms with E-state index in [2.05, 4.69) is 32.2 Å². The molecule has 0 aliphatic carbocycles. The van der Waals surface area contributed by atoms with Crippen molar-refractivity contribution < 1.29 is 18.0 Å². The van der Waals surface area contributed by atoms with Crippen molar-refractivity contribution in [3.05, 3.63) is 65.5 Å². The van der Waals surface area contributed by atoms with E-state index in [9.17, 15) is 18.0 Å². The van der Waals surface area contributed by atoms with Crippen LogP contribution in [0.25, 0.3) is 11.3 Å². The minimum absolute atomic E-state index is 0.109. The summed E-state index contributed by atoms with van der Waals surface area (Å²) in [5.74, 6) is -1.32. The molecule has 0 saturated carbocycles. The lowest BCUT2D eigenvalue weighted by Crippen LogP contribution is -2.41. The third-order valence-corrected chi connectivity index (χ3v) is 6.77. The van der Waals surface area contributed by atoms with Crippen molar-refractivity contribution >= 4 is 29.5 Å². The number of halogens is 4. The number of pyridine rings is 2. The summed E-state index contributed by atoms with van der Waals surface area (Å²) in [7, 11) is 0. The Morgan fingerprint density at radius 3 is 2.59 bits per heavy atom. The molecule has 1 fully saturated rings. The highest BCUT2D eigenvalue weighted by atomic mass is 35.5. The fraction of sp³-hybridized carbons (Fsp3) is 0.318. The average molecular weight is 509 g/mol. The Balaban J connectivity index is 1.40. The van der Waals surface area contributed by atoms with Crippen molar-refractivity contribution in [2.45, 2.75) is 49.6 Å². The van der Waals surface area contributed by atoms with Gasteiger partial charge < -0.3 is 5.32 Å². The summed E-state index contributed by atoms with van der Waals surface area (Å²) in [5, 5.41) is 4.26. The first-order valence-electron chi connectivity index (χ1n) is 10.4. The first kappa shape index (κ1) is 24.4. The number of carbonyl (C=O) groups is 1. The molecule has 4 rings (SSSR count). The summed E-state index contributed by atoms with van der Waals surface area (Å²) in [5.41, 5.74) is 1.52. The van der Waals surface area contributed by atoms with E-state index in [1.807, 2.05) is 10.4 Å². The highest BCUT2D eigenvalue weighted by Gasteiger charge is 2.37. The second kappa shape index (κ2) is 10.2. The number of rotatable bonds is 6. The van der Waals surface area contributed by atoms with Gasteiger partial charge >= 0.3 is 6.18 Å². The Bertz CT molecular complexity index is 1150. The molecule has 1 saturated heterocycles. The summed E-state index contributed by atoms with van der Waals surface area (Å²) in [6, 6.07) is 6.88. The smallest absolute Gasteiger partial charge is 0.351 e. The second-order valence-corrected chi connectivity index (χ2v) is 9.23. The van der Waals surface area contributed by atoms with Gasteiger partial charge in [-0.2, -0.15) is 13.2 Å². The molecule has 2 atom stereocenters. The number of alkyl halides is 3. The van der Waals surface area contributed by atoms with Gasteiger partial charge in [0.1, 0.15) is 5.03 Å². The van der Waals surface area contributed by atoms with Gasteiger partial charge in [-0.05, 0) is 61.5 Å². The van der Waals surface area contributed by atoms with Crippen LogP contribution in [-0.4, -0.2) is 42.2 Å². The molecule has 3 aromatic rings. The zero-order chi connectivity index (χ0) is 24.3. The van der Waals surface area contributed by atoms with E-state index >= 15 is 0 Å². The van der Waals surface area contributed by atoms with E-state index in [-0.39, 0.29) is 24.5 Å². The van der Waals surface area contributed by atoms with Crippen LogP contribution in [0.4, 0.5) is 13.2 Å². The molecule has 0 spiro atoms. The van der Waals surface area contributed by atoms with Crippen molar-refractivity contribution in [1.29, 1.82) is 0 Å². The van der Waals surface area contributed by atoms with E-state index in [1.54, 1.807) is 24.4 Å². The van der Waals surface area contributed by atoms with Crippen molar-refractivity contribution in [1.82, 2.24) is 29.6 Å². The minimum atomic E-state index is -4.61. The Hall–Kier alpha value is -2.76. The minimum Gasteiger partial charge on any atom is -0.351 e. The predicted molar refractivity (Wildman–Crippen MR) is 122 cm³/mol. The predicted octanol–water partition coefficient (Wildman–Crippen LogP) is 4.78. The molecule has 0 radical (unpaired) electrons. The second-order valence-electron chi connectivity index (χ2n) is 7.77. The first-order valence-corrected chi connectivity index (χ1v) is 11.6. The molecule has 12 heteroatoms. The maximum Gasteiger partial charge on any atom is 0.451 e. The number of hydrogen-bond donors (Lipinski definition) is 1. The zero-order valence-electron chi connectivity index (χ0n) is 18.0. The van der Waals surface area contributed by atoms with Crippen LogP contribution < -0.4 is 5.32 Å². The maximum absolute atomic E-state index is 13.0. The SMILES string of the molecule is C[C@H]1CC[C@@H](C(=O)NCc2ccnc(-c3cnc(C(F)(F)F)nc3)c2)N1Sc1ccc(Cl)cn1. The van der Waals surface area contributed by atoms with Gasteiger partial charge in [-0.1, -0.05) is 11.6 Å². The third kappa shape index (κ3) is 5.83. The summed E-state index contributed by atoms with van der Waals surface area (Å²) in [6.07, 6.45) is 2.26. The molecule has 0 bridgehead atoms. The van der Waals surface area contributed by atoms with Gasteiger partial charge in [0.15, 0.2) is 0 Å². The van der Waals surface area contributed by atoms with Crippen LogP contribution in [0.5, 0.6) is 0 Å². The standard InChI is InChI=1S/C22H20ClF3N6OS/c1-13-2-4-18(32(13)34-19-5-3-16(23)12-28-19)20(33)29-9-14-6-7-27-17(8-14)15-10-30-21(31-11-15)22(24,25)26/h3,5-8,10-13,18H,2,4,9H2,1H3,(H,29,33)/t13-,18-/m0/s1. The molecule has 0 unspecified atom stereocenters. The van der Waals surface area contributed by atoms with Gasteiger partial charge in [0.05, 0.1) is 16.8 Å². The van der Waals surface area contributed by atoms with Gasteiger partial charge in [0, 0.05) is 42.9 Å². The van der Waals surface area contributed by atoms with E-state index in [4.69, 9.17) is 11.6 Å². The van der Waals surface area contributed by atoms with E-state index < -0.39 is 12.0 Å². The number of carbonyl (C=O) groups excluding carboxylic acids is 1. The van der Waals surface area contributed by atoms with E-state index in [0.29, 0.717) is 16.3 Å². The van der Waals surface area contributed by atoms with Crippen LogP contribution in [0.2, 0.25) is 5.02 Å². The molecule has 1 aliphatic rings. The van der Waals surface area contributed by atoms with Crippen molar-refractivity contribution in [2.75, 3.05) is 0 Å². The lowest BCUT2D eigenvalue weighted by molar-refractivity contribution is -0.145. The molecule has 3 aromatic heterocycles. The number of hydrogen-bond acceptors (Lipinski definition) is 7. The molecular weight excluding hydrogens is 489 g/mol. The van der Waals surface area contributed by atoms with Crippen LogP contribution in [0, 0.1) is 0 Å². The molecule has 1 N–H and O–H groups in total. The largest absolute Gasteiger partial charge is 0.451 e. The van der Waals surface area contributed by atoms with Crippen molar-refractivity contribution in [3.63, 3.8) is 0 Å². The number of nitrogens with one attached hydrogen (secondary N) is 1. The Morgan fingerprint density at radius 2 is 1.91 bits per heavy atom. The van der Waals surface area contributed by atoms with Gasteiger partial charge in [-0.25, -0.2) is 19.3 Å². The Kier molecular flexibility index (Phi) is 7.34. The van der Waals surface area contributed by atoms with Gasteiger partial charge in [-0.15, -0.1) is 0 Å². The quantitative estimate of drug-likeness (QED) is 0.479. The summed E-state index contributed by atoms with van der Waals surface area (Å²) in [4.78, 5) is 28.2. The highest BCUT2D eigenvalue weighted by molar-refractivity contribution is 7.97. The van der Waals surface area contributed by atoms with Gasteiger partial charge in [0.25, 0.3) is 0 Å².